The predicted octanol–water partition coefficient (Wildman–Crippen LogP) is 2.22. The molecule has 1 N–H and O–H groups in total. The van der Waals surface area contributed by atoms with Gasteiger partial charge in [-0.3, -0.25) is 0 Å². The van der Waals surface area contributed by atoms with Crippen molar-refractivity contribution in [2.75, 3.05) is 0 Å². The molecule has 0 aliphatic carbocycles. The van der Waals surface area contributed by atoms with E-state index in [2.05, 4.69) is 27.5 Å². The minimum absolute atomic E-state index is 0.190. The van der Waals surface area contributed by atoms with E-state index in [9.17, 15) is 0 Å². The molecule has 0 aliphatic heterocycles. The van der Waals surface area contributed by atoms with E-state index in [4.69, 9.17) is 9.05 Å². The largest absolute Gasteiger partial charge is 0.361 e. The van der Waals surface area contributed by atoms with Crippen molar-refractivity contribution < 1.29 is 9.05 Å². The average Bonchev–Trinajstić information content (AvgIpc) is 2.89. The Morgan fingerprint density at radius 2 is 1.94 bits per heavy atom. The van der Waals surface area contributed by atoms with Gasteiger partial charge in [-0.15, -0.1) is 0 Å². The van der Waals surface area contributed by atoms with Crippen LogP contribution in [0.2, 0.25) is 0 Å². The monoisotopic (exact) mass is 250 g/mol. The number of aromatic nitrogens is 3. The molecule has 98 valence electrons. The van der Waals surface area contributed by atoms with Crippen LogP contribution in [-0.4, -0.2) is 15.3 Å². The summed E-state index contributed by atoms with van der Waals surface area (Å²) in [5, 5.41) is 11.2. The summed E-state index contributed by atoms with van der Waals surface area (Å²) in [7, 11) is 0. The molecule has 0 saturated heterocycles. The average molecular weight is 250 g/mol. The number of nitrogens with one attached hydrogen (secondary N) is 1. The molecule has 0 radical (unpaired) electrons. The first-order chi connectivity index (χ1) is 8.61. The molecule has 2 aromatic rings. The molecule has 2 rings (SSSR count). The van der Waals surface area contributed by atoms with E-state index in [-0.39, 0.29) is 6.04 Å². The van der Waals surface area contributed by atoms with Gasteiger partial charge in [0.05, 0.1) is 12.2 Å². The Morgan fingerprint density at radius 1 is 1.17 bits per heavy atom. The van der Waals surface area contributed by atoms with Crippen LogP contribution in [0.5, 0.6) is 0 Å². The highest BCUT2D eigenvalue weighted by Gasteiger charge is 2.19. The van der Waals surface area contributed by atoms with Crippen molar-refractivity contribution in [2.24, 2.45) is 0 Å². The Kier molecular flexibility index (Phi) is 3.76. The Bertz CT molecular complexity index is 498. The third kappa shape index (κ3) is 2.59. The zero-order valence-electron chi connectivity index (χ0n) is 11.1. The lowest BCUT2D eigenvalue weighted by Gasteiger charge is -2.15. The summed E-state index contributed by atoms with van der Waals surface area (Å²) in [4.78, 5) is 4.16. The van der Waals surface area contributed by atoms with Crippen molar-refractivity contribution in [3.8, 4) is 0 Å². The third-order valence-corrected chi connectivity index (χ3v) is 2.92. The number of nitrogens with zero attached hydrogens (tertiary/aromatic N) is 3. The first kappa shape index (κ1) is 12.8. The quantitative estimate of drug-likeness (QED) is 0.876. The van der Waals surface area contributed by atoms with Crippen molar-refractivity contribution in [1.82, 2.24) is 20.6 Å². The summed E-state index contributed by atoms with van der Waals surface area (Å²) >= 11 is 0. The molecule has 18 heavy (non-hydrogen) atoms. The molecular formula is C12H18N4O2. The number of hydrogen-bond acceptors (Lipinski definition) is 6. The first-order valence-corrected chi connectivity index (χ1v) is 6.07. The SMILES string of the molecule is CCC(NCc1noc(C)n1)c1c(C)noc1C. The molecule has 2 aromatic heterocycles. The lowest BCUT2D eigenvalue weighted by atomic mass is 10.0. The normalized spacial score (nSPS) is 12.9. The van der Waals surface area contributed by atoms with Crippen LogP contribution in [0.3, 0.4) is 0 Å². The van der Waals surface area contributed by atoms with Gasteiger partial charge in [-0.05, 0) is 20.3 Å². The summed E-state index contributed by atoms with van der Waals surface area (Å²) < 4.78 is 10.1. The van der Waals surface area contributed by atoms with Crippen LogP contribution in [-0.2, 0) is 6.54 Å². The summed E-state index contributed by atoms with van der Waals surface area (Å²) in [6.07, 6.45) is 0.944. The standard InChI is InChI=1S/C12H18N4O2/c1-5-10(12-7(2)15-17-8(12)3)13-6-11-14-9(4)18-16-11/h10,13H,5-6H2,1-4H3. The molecule has 1 atom stereocenters. The molecule has 6 nitrogen and oxygen atoms in total. The van der Waals surface area contributed by atoms with Crippen LogP contribution >= 0.6 is 0 Å². The Balaban J connectivity index is 2.06. The van der Waals surface area contributed by atoms with Gasteiger partial charge in [-0.1, -0.05) is 17.2 Å². The number of hydrogen-bond donors (Lipinski definition) is 1. The van der Waals surface area contributed by atoms with Gasteiger partial charge in [0, 0.05) is 18.5 Å². The highest BCUT2D eigenvalue weighted by Crippen LogP contribution is 2.24. The van der Waals surface area contributed by atoms with E-state index in [1.165, 1.54) is 0 Å². The van der Waals surface area contributed by atoms with E-state index >= 15 is 0 Å². The molecule has 0 aliphatic rings. The molecule has 0 aromatic carbocycles. The Labute approximate surface area is 106 Å². The molecule has 0 spiro atoms. The van der Waals surface area contributed by atoms with Gasteiger partial charge in [0.2, 0.25) is 5.89 Å². The fraction of sp³-hybridized carbons (Fsp3) is 0.583. The second-order valence-corrected chi connectivity index (χ2v) is 4.31. The lowest BCUT2D eigenvalue weighted by molar-refractivity contribution is 0.381. The number of aryl methyl sites for hydroxylation is 3. The van der Waals surface area contributed by atoms with Gasteiger partial charge in [-0.2, -0.15) is 4.98 Å². The lowest BCUT2D eigenvalue weighted by Crippen LogP contribution is -2.22. The molecule has 6 heteroatoms. The second-order valence-electron chi connectivity index (χ2n) is 4.31. The molecule has 0 bridgehead atoms. The summed E-state index contributed by atoms with van der Waals surface area (Å²) in [5.74, 6) is 2.10. The summed E-state index contributed by atoms with van der Waals surface area (Å²) in [6, 6.07) is 0.190. The maximum atomic E-state index is 5.19. The predicted molar refractivity (Wildman–Crippen MR) is 64.9 cm³/mol. The van der Waals surface area contributed by atoms with Crippen molar-refractivity contribution in [3.63, 3.8) is 0 Å². The van der Waals surface area contributed by atoms with E-state index in [0.717, 1.165) is 23.4 Å². The van der Waals surface area contributed by atoms with Gasteiger partial charge in [0.1, 0.15) is 5.76 Å². The third-order valence-electron chi connectivity index (χ3n) is 2.92. The van der Waals surface area contributed by atoms with Crippen LogP contribution in [0, 0.1) is 20.8 Å². The highest BCUT2D eigenvalue weighted by atomic mass is 16.5. The van der Waals surface area contributed by atoms with Crippen molar-refractivity contribution >= 4 is 0 Å². The topological polar surface area (TPSA) is 77.0 Å². The molecule has 0 amide bonds. The first-order valence-electron chi connectivity index (χ1n) is 6.07. The molecule has 2 heterocycles. The summed E-state index contributed by atoms with van der Waals surface area (Å²) in [6.45, 7) is 8.35. The minimum Gasteiger partial charge on any atom is -0.361 e. The highest BCUT2D eigenvalue weighted by molar-refractivity contribution is 5.24. The molecule has 1 unspecified atom stereocenters. The molecule has 0 saturated carbocycles. The maximum absolute atomic E-state index is 5.19. The zero-order chi connectivity index (χ0) is 13.1. The smallest absolute Gasteiger partial charge is 0.223 e. The van der Waals surface area contributed by atoms with E-state index in [1.54, 1.807) is 6.92 Å². The van der Waals surface area contributed by atoms with Crippen molar-refractivity contribution in [1.29, 1.82) is 0 Å². The van der Waals surface area contributed by atoms with Crippen LogP contribution in [0.15, 0.2) is 9.05 Å². The fourth-order valence-corrected chi connectivity index (χ4v) is 2.07. The van der Waals surface area contributed by atoms with Gasteiger partial charge >= 0.3 is 0 Å². The van der Waals surface area contributed by atoms with Gasteiger partial charge in [-0.25, -0.2) is 0 Å². The van der Waals surface area contributed by atoms with Gasteiger partial charge in [0.15, 0.2) is 5.82 Å². The van der Waals surface area contributed by atoms with Gasteiger partial charge in [0.25, 0.3) is 0 Å². The minimum atomic E-state index is 0.190. The van der Waals surface area contributed by atoms with Crippen LogP contribution in [0.4, 0.5) is 0 Å². The van der Waals surface area contributed by atoms with Crippen LogP contribution in [0.1, 0.15) is 48.1 Å². The maximum Gasteiger partial charge on any atom is 0.223 e. The van der Waals surface area contributed by atoms with Crippen LogP contribution in [0.25, 0.3) is 0 Å². The zero-order valence-corrected chi connectivity index (χ0v) is 11.1. The van der Waals surface area contributed by atoms with E-state index in [0.29, 0.717) is 18.3 Å². The van der Waals surface area contributed by atoms with Crippen LogP contribution < -0.4 is 5.32 Å². The van der Waals surface area contributed by atoms with E-state index < -0.39 is 0 Å². The second kappa shape index (κ2) is 5.30. The van der Waals surface area contributed by atoms with Crippen molar-refractivity contribution in [2.45, 2.75) is 46.7 Å². The Hall–Kier alpha value is -1.69. The Morgan fingerprint density at radius 3 is 2.44 bits per heavy atom. The van der Waals surface area contributed by atoms with Gasteiger partial charge < -0.3 is 14.4 Å². The van der Waals surface area contributed by atoms with E-state index in [1.807, 2.05) is 13.8 Å². The fourth-order valence-electron chi connectivity index (χ4n) is 2.07. The van der Waals surface area contributed by atoms with Crippen molar-refractivity contribution in [3.05, 3.63) is 28.7 Å². The molecular weight excluding hydrogens is 232 g/mol. The summed E-state index contributed by atoms with van der Waals surface area (Å²) in [5.41, 5.74) is 2.05. The molecule has 0 fully saturated rings. The number of rotatable bonds is 5.